The predicted molar refractivity (Wildman–Crippen MR) is 107 cm³/mol. The average Bonchev–Trinajstić information content (AvgIpc) is 2.75. The van der Waals surface area contributed by atoms with E-state index < -0.39 is 5.97 Å². The molecule has 1 amide bonds. The van der Waals surface area contributed by atoms with Gasteiger partial charge in [-0.05, 0) is 53.6 Å². The summed E-state index contributed by atoms with van der Waals surface area (Å²) in [5.74, 6) is -0.370. The van der Waals surface area contributed by atoms with Crippen molar-refractivity contribution < 1.29 is 14.3 Å². The second-order valence-corrected chi connectivity index (χ2v) is 5.67. The van der Waals surface area contributed by atoms with Crippen LogP contribution in [0.2, 0.25) is 0 Å². The maximum atomic E-state index is 11.9. The Labute approximate surface area is 162 Å². The Bertz CT molecular complexity index is 983. The fourth-order valence-electron chi connectivity index (χ4n) is 2.23. The zero-order valence-electron chi connectivity index (χ0n) is 14.9. The van der Waals surface area contributed by atoms with E-state index in [-0.39, 0.29) is 5.91 Å². The topological polar surface area (TPSA) is 80.6 Å². The summed E-state index contributed by atoms with van der Waals surface area (Å²) in [6.45, 7) is 0. The molecule has 3 rings (SSSR count). The van der Waals surface area contributed by atoms with E-state index in [9.17, 15) is 9.59 Å². The Morgan fingerprint density at radius 2 is 1.61 bits per heavy atom. The fourth-order valence-corrected chi connectivity index (χ4v) is 2.23. The van der Waals surface area contributed by atoms with Gasteiger partial charge in [-0.3, -0.25) is 9.78 Å². The number of nitrogens with zero attached hydrogens (tertiary/aromatic N) is 2. The Morgan fingerprint density at radius 1 is 0.893 bits per heavy atom. The second kappa shape index (κ2) is 9.59. The smallest absolute Gasteiger partial charge is 0.336 e. The van der Waals surface area contributed by atoms with Gasteiger partial charge in [0, 0.05) is 24.0 Å². The zero-order valence-corrected chi connectivity index (χ0v) is 14.9. The molecule has 138 valence electrons. The van der Waals surface area contributed by atoms with Crippen molar-refractivity contribution in [2.75, 3.05) is 0 Å². The normalized spacial score (nSPS) is 10.9. The molecule has 0 aliphatic heterocycles. The quantitative estimate of drug-likeness (QED) is 0.237. The van der Waals surface area contributed by atoms with Crippen molar-refractivity contribution in [3.05, 3.63) is 102 Å². The summed E-state index contributed by atoms with van der Waals surface area (Å²) >= 11 is 0. The lowest BCUT2D eigenvalue weighted by Crippen LogP contribution is -2.17. The van der Waals surface area contributed by atoms with Crippen LogP contribution in [0, 0.1) is 0 Å². The number of carbonyl (C=O) groups is 2. The molecule has 0 saturated carbocycles. The number of hydrazone groups is 1. The van der Waals surface area contributed by atoms with E-state index in [1.807, 2.05) is 30.3 Å². The van der Waals surface area contributed by atoms with E-state index in [1.54, 1.807) is 42.5 Å². The number of rotatable bonds is 6. The van der Waals surface area contributed by atoms with E-state index in [0.29, 0.717) is 11.3 Å². The summed E-state index contributed by atoms with van der Waals surface area (Å²) < 4.78 is 5.25. The molecule has 28 heavy (non-hydrogen) atoms. The monoisotopic (exact) mass is 371 g/mol. The first-order valence-corrected chi connectivity index (χ1v) is 8.49. The van der Waals surface area contributed by atoms with Gasteiger partial charge in [-0.25, -0.2) is 10.2 Å². The van der Waals surface area contributed by atoms with Gasteiger partial charge in [0.2, 0.25) is 0 Å². The largest absolute Gasteiger partial charge is 0.423 e. The molecule has 0 fully saturated rings. The van der Waals surface area contributed by atoms with Gasteiger partial charge < -0.3 is 4.74 Å². The number of ether oxygens (including phenoxy) is 1. The number of aromatic nitrogens is 1. The highest BCUT2D eigenvalue weighted by Crippen LogP contribution is 2.12. The third kappa shape index (κ3) is 5.74. The van der Waals surface area contributed by atoms with Crippen molar-refractivity contribution in [3.8, 4) is 5.75 Å². The van der Waals surface area contributed by atoms with Crippen LogP contribution < -0.4 is 10.2 Å². The lowest BCUT2D eigenvalue weighted by atomic mass is 10.2. The highest BCUT2D eigenvalue weighted by molar-refractivity contribution is 5.94. The highest BCUT2D eigenvalue weighted by Gasteiger charge is 2.03. The van der Waals surface area contributed by atoms with Crippen LogP contribution in [0.4, 0.5) is 0 Å². The molecule has 0 aliphatic carbocycles. The van der Waals surface area contributed by atoms with Crippen molar-refractivity contribution in [1.29, 1.82) is 0 Å². The van der Waals surface area contributed by atoms with Crippen LogP contribution >= 0.6 is 0 Å². The van der Waals surface area contributed by atoms with Crippen LogP contribution in [0.1, 0.15) is 21.5 Å². The first kappa shape index (κ1) is 18.7. The molecule has 1 N–H and O–H groups in total. The first-order chi connectivity index (χ1) is 13.7. The molecule has 0 aliphatic rings. The summed E-state index contributed by atoms with van der Waals surface area (Å²) in [6.07, 6.45) is 7.63. The van der Waals surface area contributed by atoms with Gasteiger partial charge in [0.1, 0.15) is 5.75 Å². The summed E-state index contributed by atoms with van der Waals surface area (Å²) in [5, 5.41) is 3.91. The molecule has 3 aromatic rings. The molecule has 0 bridgehead atoms. The minimum atomic E-state index is -0.463. The second-order valence-electron chi connectivity index (χ2n) is 5.67. The lowest BCUT2D eigenvalue weighted by molar-refractivity contribution is -0.128. The van der Waals surface area contributed by atoms with Gasteiger partial charge in [-0.1, -0.05) is 30.3 Å². The summed E-state index contributed by atoms with van der Waals surface area (Å²) in [5.41, 5.74) is 4.57. The highest BCUT2D eigenvalue weighted by atomic mass is 16.5. The van der Waals surface area contributed by atoms with Gasteiger partial charge in [-0.2, -0.15) is 5.10 Å². The van der Waals surface area contributed by atoms with Crippen molar-refractivity contribution in [2.24, 2.45) is 5.10 Å². The molecule has 1 aromatic heterocycles. The third-order valence-electron chi connectivity index (χ3n) is 3.63. The van der Waals surface area contributed by atoms with Crippen LogP contribution in [-0.4, -0.2) is 23.1 Å². The molecule has 0 atom stereocenters. The van der Waals surface area contributed by atoms with Crippen molar-refractivity contribution in [1.82, 2.24) is 10.4 Å². The van der Waals surface area contributed by atoms with E-state index >= 15 is 0 Å². The Morgan fingerprint density at radius 3 is 2.32 bits per heavy atom. The predicted octanol–water partition coefficient (Wildman–Crippen LogP) is 3.46. The molecular weight excluding hydrogens is 354 g/mol. The van der Waals surface area contributed by atoms with Gasteiger partial charge in [0.15, 0.2) is 0 Å². The van der Waals surface area contributed by atoms with Gasteiger partial charge in [0.05, 0.1) is 6.21 Å². The Kier molecular flexibility index (Phi) is 6.41. The summed E-state index contributed by atoms with van der Waals surface area (Å²) in [7, 11) is 0. The van der Waals surface area contributed by atoms with Crippen LogP contribution in [0.15, 0.2) is 90.3 Å². The van der Waals surface area contributed by atoms with Crippen LogP contribution in [0.5, 0.6) is 5.75 Å². The minimum absolute atomic E-state index is 0.325. The number of esters is 1. The number of carbonyl (C=O) groups excluding carboxylic acids is 2. The number of hydrogen-bond donors (Lipinski definition) is 1. The number of hydrogen-bond acceptors (Lipinski definition) is 5. The Balaban J connectivity index is 1.51. The molecule has 1 heterocycles. The molecule has 6 heteroatoms. The van der Waals surface area contributed by atoms with Crippen molar-refractivity contribution in [2.45, 2.75) is 0 Å². The number of nitrogens with one attached hydrogen (secondary N) is 1. The number of amides is 1. The maximum Gasteiger partial charge on any atom is 0.336 e. The first-order valence-electron chi connectivity index (χ1n) is 8.49. The molecule has 0 unspecified atom stereocenters. The lowest BCUT2D eigenvalue weighted by Gasteiger charge is -2.02. The van der Waals surface area contributed by atoms with Gasteiger partial charge >= 0.3 is 5.97 Å². The van der Waals surface area contributed by atoms with E-state index in [4.69, 9.17) is 4.74 Å². The van der Waals surface area contributed by atoms with Gasteiger partial charge in [-0.15, -0.1) is 0 Å². The molecule has 0 radical (unpaired) electrons. The SMILES string of the molecule is O=C(/C=C/c1ccccc1)Oc1ccc(/C=N/NC(=O)c2ccncc2)cc1. The zero-order chi connectivity index (χ0) is 19.6. The molecule has 0 spiro atoms. The van der Waals surface area contributed by atoms with E-state index in [2.05, 4.69) is 15.5 Å². The van der Waals surface area contributed by atoms with Gasteiger partial charge in [0.25, 0.3) is 5.91 Å². The van der Waals surface area contributed by atoms with Crippen LogP contribution in [-0.2, 0) is 4.79 Å². The molecular formula is C22H17N3O3. The Hall–Kier alpha value is -4.06. The van der Waals surface area contributed by atoms with E-state index in [1.165, 1.54) is 24.7 Å². The fraction of sp³-hybridized carbons (Fsp3) is 0. The molecule has 2 aromatic carbocycles. The number of pyridine rings is 1. The molecule has 6 nitrogen and oxygen atoms in total. The number of benzene rings is 2. The summed E-state index contributed by atoms with van der Waals surface area (Å²) in [4.78, 5) is 27.6. The van der Waals surface area contributed by atoms with Crippen LogP contribution in [0.25, 0.3) is 6.08 Å². The molecule has 0 saturated heterocycles. The van der Waals surface area contributed by atoms with E-state index in [0.717, 1.165) is 11.1 Å². The standard InChI is InChI=1S/C22H17N3O3/c26-21(11-8-17-4-2-1-3-5-17)28-20-9-6-18(7-10-20)16-24-25-22(27)19-12-14-23-15-13-19/h1-16H,(H,25,27)/b11-8+,24-16+. The maximum absolute atomic E-state index is 11.9. The van der Waals surface area contributed by atoms with Crippen molar-refractivity contribution >= 4 is 24.2 Å². The summed E-state index contributed by atoms with van der Waals surface area (Å²) in [6, 6.07) is 19.4. The average molecular weight is 371 g/mol. The third-order valence-corrected chi connectivity index (χ3v) is 3.63. The van der Waals surface area contributed by atoms with Crippen molar-refractivity contribution in [3.63, 3.8) is 0 Å². The van der Waals surface area contributed by atoms with Crippen LogP contribution in [0.3, 0.4) is 0 Å². The minimum Gasteiger partial charge on any atom is -0.423 e.